The highest BCUT2D eigenvalue weighted by Crippen LogP contribution is 2.25. The van der Waals surface area contributed by atoms with Crippen LogP contribution in [0.15, 0.2) is 48.3 Å². The summed E-state index contributed by atoms with van der Waals surface area (Å²) >= 11 is 1.51. The molecule has 1 saturated heterocycles. The van der Waals surface area contributed by atoms with Crippen LogP contribution < -0.4 is 21.5 Å². The zero-order valence-corrected chi connectivity index (χ0v) is 19.4. The molecule has 0 bridgehead atoms. The van der Waals surface area contributed by atoms with Crippen LogP contribution in [0.1, 0.15) is 28.2 Å². The van der Waals surface area contributed by atoms with Gasteiger partial charge in [0.15, 0.2) is 0 Å². The van der Waals surface area contributed by atoms with E-state index >= 15 is 0 Å². The van der Waals surface area contributed by atoms with E-state index in [1.807, 2.05) is 56.4 Å². The third-order valence-electron chi connectivity index (χ3n) is 6.08. The van der Waals surface area contributed by atoms with E-state index in [2.05, 4.69) is 31.5 Å². The second-order valence-corrected chi connectivity index (χ2v) is 9.57. The molecule has 4 heterocycles. The van der Waals surface area contributed by atoms with Crippen molar-refractivity contribution in [3.05, 3.63) is 58.9 Å². The Morgan fingerprint density at radius 1 is 1.24 bits per heavy atom. The average Bonchev–Trinajstić information content (AvgIpc) is 3.38. The number of rotatable bonds is 5. The Morgan fingerprint density at radius 2 is 2.09 bits per heavy atom. The van der Waals surface area contributed by atoms with E-state index in [1.54, 1.807) is 4.68 Å². The zero-order chi connectivity index (χ0) is 22.9. The lowest BCUT2D eigenvalue weighted by molar-refractivity contribution is -0.122. The molecule has 1 fully saturated rings. The molecule has 2 atom stereocenters. The van der Waals surface area contributed by atoms with Crippen LogP contribution in [0.2, 0.25) is 0 Å². The van der Waals surface area contributed by atoms with Crippen molar-refractivity contribution in [3.63, 3.8) is 0 Å². The molecule has 10 heteroatoms. The standard InChI is InChI=1S/C23H27N7O2S/c1-14-10-20(28-29(14)2)25-17-12-21(26-27-22(17)31)30-9-5-7-16(13-30)24-23(32)19-11-15-6-3-4-8-18(15)33-19/h3-4,6,8,10-12,16-17,26H,5,7,9,13H2,1-2H3,(H,24,32)(H,25,28)(H,27,31)/t16-,17?/m1/s1. The van der Waals surface area contributed by atoms with Crippen molar-refractivity contribution in [1.82, 2.24) is 30.8 Å². The number of hydrogen-bond acceptors (Lipinski definition) is 7. The molecule has 2 aliphatic rings. The number of nitrogens with zero attached hydrogens (tertiary/aromatic N) is 3. The Labute approximate surface area is 195 Å². The monoisotopic (exact) mass is 465 g/mol. The number of hydrazine groups is 1. The predicted molar refractivity (Wildman–Crippen MR) is 129 cm³/mol. The molecule has 5 rings (SSSR count). The molecule has 33 heavy (non-hydrogen) atoms. The number of amides is 2. The topological polar surface area (TPSA) is 103 Å². The van der Waals surface area contributed by atoms with Crippen LogP contribution >= 0.6 is 11.3 Å². The minimum absolute atomic E-state index is 0.0293. The minimum atomic E-state index is -0.538. The highest BCUT2D eigenvalue weighted by Gasteiger charge is 2.29. The number of nitrogens with one attached hydrogen (secondary N) is 4. The lowest BCUT2D eigenvalue weighted by Crippen LogP contribution is -2.56. The summed E-state index contributed by atoms with van der Waals surface area (Å²) in [5.74, 6) is 1.26. The summed E-state index contributed by atoms with van der Waals surface area (Å²) in [4.78, 5) is 28.1. The third-order valence-corrected chi connectivity index (χ3v) is 7.20. The second-order valence-electron chi connectivity index (χ2n) is 8.49. The average molecular weight is 466 g/mol. The van der Waals surface area contributed by atoms with Crippen molar-refractivity contribution in [2.45, 2.75) is 31.8 Å². The minimum Gasteiger partial charge on any atom is -0.355 e. The summed E-state index contributed by atoms with van der Waals surface area (Å²) in [6.07, 6.45) is 3.74. The van der Waals surface area contributed by atoms with Gasteiger partial charge in [-0.05, 0) is 43.4 Å². The van der Waals surface area contributed by atoms with E-state index in [4.69, 9.17) is 0 Å². The lowest BCUT2D eigenvalue weighted by Gasteiger charge is -2.38. The Morgan fingerprint density at radius 3 is 2.88 bits per heavy atom. The maximum Gasteiger partial charge on any atom is 0.265 e. The van der Waals surface area contributed by atoms with Crippen molar-refractivity contribution < 1.29 is 9.59 Å². The first kappa shape index (κ1) is 21.3. The van der Waals surface area contributed by atoms with Crippen molar-refractivity contribution >= 4 is 39.1 Å². The first-order chi connectivity index (χ1) is 16.0. The first-order valence-corrected chi connectivity index (χ1v) is 11.9. The molecule has 2 aromatic heterocycles. The quantitative estimate of drug-likeness (QED) is 0.460. The van der Waals surface area contributed by atoms with E-state index in [1.165, 1.54) is 11.3 Å². The number of carbonyl (C=O) groups is 2. The number of aryl methyl sites for hydroxylation is 2. The molecular formula is C23H27N7O2S. The summed E-state index contributed by atoms with van der Waals surface area (Å²) in [7, 11) is 1.87. The number of hydrogen-bond donors (Lipinski definition) is 4. The number of fused-ring (bicyclic) bond motifs is 1. The van der Waals surface area contributed by atoms with Gasteiger partial charge in [0.1, 0.15) is 17.7 Å². The fraction of sp³-hybridized carbons (Fsp3) is 0.348. The normalized spacial score (nSPS) is 20.7. The zero-order valence-electron chi connectivity index (χ0n) is 18.6. The summed E-state index contributed by atoms with van der Waals surface area (Å²) in [5, 5.41) is 11.8. The third kappa shape index (κ3) is 4.51. The Kier molecular flexibility index (Phi) is 5.67. The molecule has 1 unspecified atom stereocenters. The van der Waals surface area contributed by atoms with Crippen LogP contribution in [0.25, 0.3) is 10.1 Å². The fourth-order valence-electron chi connectivity index (χ4n) is 4.22. The predicted octanol–water partition coefficient (Wildman–Crippen LogP) is 2.09. The van der Waals surface area contributed by atoms with E-state index < -0.39 is 6.04 Å². The summed E-state index contributed by atoms with van der Waals surface area (Å²) in [6.45, 7) is 3.48. The van der Waals surface area contributed by atoms with Crippen molar-refractivity contribution in [3.8, 4) is 0 Å². The van der Waals surface area contributed by atoms with Gasteiger partial charge in [0.05, 0.1) is 4.88 Å². The summed E-state index contributed by atoms with van der Waals surface area (Å²) in [5.41, 5.74) is 6.75. The van der Waals surface area contributed by atoms with Crippen molar-refractivity contribution in [2.24, 2.45) is 7.05 Å². The van der Waals surface area contributed by atoms with Crippen molar-refractivity contribution in [2.75, 3.05) is 18.4 Å². The number of aromatic nitrogens is 2. The van der Waals surface area contributed by atoms with Gasteiger partial charge in [0.25, 0.3) is 11.8 Å². The number of anilines is 1. The van der Waals surface area contributed by atoms with E-state index in [9.17, 15) is 9.59 Å². The molecule has 4 N–H and O–H groups in total. The number of likely N-dealkylation sites (tertiary alicyclic amines) is 1. The van der Waals surface area contributed by atoms with Crippen LogP contribution in [-0.4, -0.2) is 51.7 Å². The molecule has 2 amide bonds. The maximum atomic E-state index is 12.9. The summed E-state index contributed by atoms with van der Waals surface area (Å²) < 4.78 is 2.88. The van der Waals surface area contributed by atoms with E-state index in [0.29, 0.717) is 12.4 Å². The second kappa shape index (κ2) is 8.78. The largest absolute Gasteiger partial charge is 0.355 e. The highest BCUT2D eigenvalue weighted by atomic mass is 32.1. The molecular weight excluding hydrogens is 438 g/mol. The molecule has 0 spiro atoms. The summed E-state index contributed by atoms with van der Waals surface area (Å²) in [6, 6.07) is 11.4. The fourth-order valence-corrected chi connectivity index (χ4v) is 5.19. The van der Waals surface area contributed by atoms with Gasteiger partial charge in [-0.3, -0.25) is 25.1 Å². The molecule has 3 aromatic rings. The van der Waals surface area contributed by atoms with Gasteiger partial charge < -0.3 is 15.5 Å². The SMILES string of the molecule is Cc1cc(NC2C=C(N3CCC[C@@H](NC(=O)c4cc5ccccc5s4)C3)NNC2=O)nn1C. The van der Waals surface area contributed by atoms with Gasteiger partial charge >= 0.3 is 0 Å². The Balaban J connectivity index is 1.25. The molecule has 0 saturated carbocycles. The first-order valence-electron chi connectivity index (χ1n) is 11.1. The number of thiophene rings is 1. The van der Waals surface area contributed by atoms with Crippen LogP contribution in [-0.2, 0) is 11.8 Å². The number of carbonyl (C=O) groups excluding carboxylic acids is 2. The molecule has 0 aliphatic carbocycles. The Hall–Kier alpha value is -3.53. The molecule has 9 nitrogen and oxygen atoms in total. The van der Waals surface area contributed by atoms with E-state index in [0.717, 1.165) is 45.9 Å². The van der Waals surface area contributed by atoms with Crippen LogP contribution in [0, 0.1) is 6.92 Å². The van der Waals surface area contributed by atoms with Gasteiger partial charge in [-0.1, -0.05) is 18.2 Å². The molecule has 172 valence electrons. The highest BCUT2D eigenvalue weighted by molar-refractivity contribution is 7.20. The van der Waals surface area contributed by atoms with E-state index in [-0.39, 0.29) is 17.9 Å². The van der Waals surface area contributed by atoms with Crippen molar-refractivity contribution in [1.29, 1.82) is 0 Å². The van der Waals surface area contributed by atoms with Gasteiger partial charge in [-0.25, -0.2) is 0 Å². The van der Waals surface area contributed by atoms with Crippen LogP contribution in [0.5, 0.6) is 0 Å². The molecule has 0 radical (unpaired) electrons. The molecule has 1 aromatic carbocycles. The molecule has 2 aliphatic heterocycles. The number of piperidine rings is 1. The Bertz CT molecular complexity index is 1180. The van der Waals surface area contributed by atoms with Gasteiger partial charge in [-0.15, -0.1) is 11.3 Å². The lowest BCUT2D eigenvalue weighted by atomic mass is 10.0. The number of benzene rings is 1. The van der Waals surface area contributed by atoms with Gasteiger partial charge in [0, 0.05) is 42.6 Å². The van der Waals surface area contributed by atoms with Crippen LogP contribution in [0.4, 0.5) is 5.82 Å². The smallest absolute Gasteiger partial charge is 0.265 e. The maximum absolute atomic E-state index is 12.9. The van der Waals surface area contributed by atoms with Crippen LogP contribution in [0.3, 0.4) is 0 Å². The van der Waals surface area contributed by atoms with Gasteiger partial charge in [-0.2, -0.15) is 5.10 Å². The van der Waals surface area contributed by atoms with Gasteiger partial charge in [0.2, 0.25) is 0 Å².